The van der Waals surface area contributed by atoms with Crippen molar-refractivity contribution in [2.45, 2.75) is 27.1 Å². The van der Waals surface area contributed by atoms with Crippen LogP contribution in [0, 0.1) is 5.41 Å². The molecule has 0 saturated carbocycles. The molecule has 0 aromatic carbocycles. The third-order valence-electron chi connectivity index (χ3n) is 2.23. The van der Waals surface area contributed by atoms with Gasteiger partial charge in [-0.05, 0) is 0 Å². The lowest BCUT2D eigenvalue weighted by atomic mass is 9.94. The highest BCUT2D eigenvalue weighted by Crippen LogP contribution is 2.21. The Kier molecular flexibility index (Phi) is 3.75. The average Bonchev–Trinajstić information content (AvgIpc) is 2.17. The van der Waals surface area contributed by atoms with E-state index < -0.39 is 6.29 Å². The van der Waals surface area contributed by atoms with Crippen LogP contribution in [0.3, 0.4) is 0 Å². The summed E-state index contributed by atoms with van der Waals surface area (Å²) in [5.41, 5.74) is -0.182. The van der Waals surface area contributed by atoms with Crippen molar-refractivity contribution in [2.24, 2.45) is 15.4 Å². The summed E-state index contributed by atoms with van der Waals surface area (Å²) in [6, 6.07) is -0.175. The highest BCUT2D eigenvalue weighted by atomic mass is 16.2. The SMILES string of the molecule is CN(C)C=NC1N=C(C(C)(C)C)N(C)C(=O)N1. The Labute approximate surface area is 102 Å². The molecule has 96 valence electrons. The van der Waals surface area contributed by atoms with Crippen LogP contribution in [0.25, 0.3) is 0 Å². The number of urea groups is 1. The summed E-state index contributed by atoms with van der Waals surface area (Å²) in [4.78, 5) is 23.7. The van der Waals surface area contributed by atoms with E-state index in [0.29, 0.717) is 0 Å². The number of amidine groups is 1. The number of amides is 2. The molecule has 1 heterocycles. The molecule has 0 saturated heterocycles. The van der Waals surface area contributed by atoms with Gasteiger partial charge in [0.2, 0.25) is 6.29 Å². The molecular weight excluding hydrogens is 218 g/mol. The number of carbonyl (C=O) groups excluding carboxylic acids is 1. The van der Waals surface area contributed by atoms with Crippen molar-refractivity contribution in [3.63, 3.8) is 0 Å². The smallest absolute Gasteiger partial charge is 0.325 e. The fourth-order valence-corrected chi connectivity index (χ4v) is 1.50. The van der Waals surface area contributed by atoms with E-state index in [4.69, 9.17) is 0 Å². The van der Waals surface area contributed by atoms with E-state index >= 15 is 0 Å². The second kappa shape index (κ2) is 4.73. The Morgan fingerprint density at radius 3 is 2.53 bits per heavy atom. The fraction of sp³-hybridized carbons (Fsp3) is 0.727. The average molecular weight is 239 g/mol. The number of carbonyl (C=O) groups is 1. The van der Waals surface area contributed by atoms with Gasteiger partial charge >= 0.3 is 6.03 Å². The first-order valence-corrected chi connectivity index (χ1v) is 5.54. The molecule has 1 atom stereocenters. The van der Waals surface area contributed by atoms with E-state index in [9.17, 15) is 4.79 Å². The monoisotopic (exact) mass is 239 g/mol. The second-order valence-electron chi connectivity index (χ2n) is 5.31. The third kappa shape index (κ3) is 3.44. The predicted octanol–water partition coefficient (Wildman–Crippen LogP) is 0.959. The molecule has 0 aromatic heterocycles. The Morgan fingerprint density at radius 1 is 1.47 bits per heavy atom. The predicted molar refractivity (Wildman–Crippen MR) is 69.2 cm³/mol. The molecule has 1 aliphatic heterocycles. The van der Waals surface area contributed by atoms with Gasteiger partial charge in [0.25, 0.3) is 0 Å². The molecule has 0 spiro atoms. The lowest BCUT2D eigenvalue weighted by molar-refractivity contribution is 0.215. The van der Waals surface area contributed by atoms with E-state index in [-0.39, 0.29) is 11.4 Å². The lowest BCUT2D eigenvalue weighted by Gasteiger charge is -2.34. The van der Waals surface area contributed by atoms with E-state index in [1.807, 2.05) is 34.9 Å². The molecule has 0 fully saturated rings. The molecule has 1 aliphatic rings. The van der Waals surface area contributed by atoms with E-state index in [1.54, 1.807) is 18.3 Å². The zero-order valence-electron chi connectivity index (χ0n) is 11.4. The molecule has 0 bridgehead atoms. The maximum absolute atomic E-state index is 11.8. The molecule has 17 heavy (non-hydrogen) atoms. The molecular formula is C11H21N5O. The number of hydrogen-bond donors (Lipinski definition) is 1. The lowest BCUT2D eigenvalue weighted by Crippen LogP contribution is -2.53. The van der Waals surface area contributed by atoms with Crippen LogP contribution in [0.5, 0.6) is 0 Å². The van der Waals surface area contributed by atoms with Crippen LogP contribution in [0.15, 0.2) is 9.98 Å². The normalized spacial score (nSPS) is 21.5. The van der Waals surface area contributed by atoms with Crippen LogP contribution in [0.4, 0.5) is 4.79 Å². The minimum Gasteiger partial charge on any atom is -0.369 e. The van der Waals surface area contributed by atoms with Gasteiger partial charge in [0, 0.05) is 26.6 Å². The zero-order chi connectivity index (χ0) is 13.2. The van der Waals surface area contributed by atoms with Gasteiger partial charge in [-0.3, -0.25) is 10.2 Å². The maximum atomic E-state index is 11.8. The number of nitrogens with zero attached hydrogens (tertiary/aromatic N) is 4. The first-order chi connectivity index (χ1) is 7.71. The van der Waals surface area contributed by atoms with Crippen molar-refractivity contribution in [1.82, 2.24) is 15.1 Å². The summed E-state index contributed by atoms with van der Waals surface area (Å²) in [5.74, 6) is 0.738. The van der Waals surface area contributed by atoms with Crippen LogP contribution >= 0.6 is 0 Å². The highest BCUT2D eigenvalue weighted by Gasteiger charge is 2.32. The zero-order valence-corrected chi connectivity index (χ0v) is 11.4. The van der Waals surface area contributed by atoms with Crippen LogP contribution in [0.2, 0.25) is 0 Å². The Balaban J connectivity index is 2.97. The minimum absolute atomic E-state index is 0.175. The summed E-state index contributed by atoms with van der Waals surface area (Å²) in [6.07, 6.45) is 1.11. The first-order valence-electron chi connectivity index (χ1n) is 5.54. The van der Waals surface area contributed by atoms with Gasteiger partial charge in [0.05, 0.1) is 6.34 Å². The fourth-order valence-electron chi connectivity index (χ4n) is 1.50. The van der Waals surface area contributed by atoms with Crippen LogP contribution in [-0.4, -0.2) is 55.4 Å². The van der Waals surface area contributed by atoms with Crippen LogP contribution in [0.1, 0.15) is 20.8 Å². The van der Waals surface area contributed by atoms with Gasteiger partial charge < -0.3 is 4.90 Å². The van der Waals surface area contributed by atoms with E-state index in [0.717, 1.165) is 5.84 Å². The van der Waals surface area contributed by atoms with Gasteiger partial charge in [-0.1, -0.05) is 20.8 Å². The molecule has 1 unspecified atom stereocenters. The second-order valence-corrected chi connectivity index (χ2v) is 5.31. The topological polar surface area (TPSA) is 60.3 Å². The molecule has 0 aromatic rings. The number of rotatable bonds is 2. The number of aliphatic imine (C=N–C) groups is 2. The van der Waals surface area contributed by atoms with Gasteiger partial charge in [-0.2, -0.15) is 0 Å². The molecule has 1 rings (SSSR count). The molecule has 6 heteroatoms. The van der Waals surface area contributed by atoms with Crippen molar-refractivity contribution in [3.8, 4) is 0 Å². The number of hydrogen-bond acceptors (Lipinski definition) is 3. The first kappa shape index (κ1) is 13.5. The largest absolute Gasteiger partial charge is 0.369 e. The Hall–Kier alpha value is -1.59. The summed E-state index contributed by atoms with van der Waals surface area (Å²) in [7, 11) is 5.45. The molecule has 2 amide bonds. The van der Waals surface area contributed by atoms with Crippen molar-refractivity contribution in [3.05, 3.63) is 0 Å². The Bertz CT molecular complexity index is 353. The minimum atomic E-state index is -0.532. The van der Waals surface area contributed by atoms with Crippen molar-refractivity contribution >= 4 is 18.2 Å². The highest BCUT2D eigenvalue weighted by molar-refractivity contribution is 6.01. The van der Waals surface area contributed by atoms with Gasteiger partial charge in [0.1, 0.15) is 5.84 Å². The summed E-state index contributed by atoms with van der Waals surface area (Å²) in [5, 5.41) is 2.70. The third-order valence-corrected chi connectivity index (χ3v) is 2.23. The van der Waals surface area contributed by atoms with Gasteiger partial charge in [0.15, 0.2) is 0 Å². The number of nitrogens with one attached hydrogen (secondary N) is 1. The van der Waals surface area contributed by atoms with E-state index in [2.05, 4.69) is 15.3 Å². The molecule has 6 nitrogen and oxygen atoms in total. The standard InChI is InChI=1S/C11H21N5O/c1-11(2,3)8-13-9(12-7-15(4)5)14-10(17)16(8)6/h7,9H,1-6H3,(H,14,17). The van der Waals surface area contributed by atoms with Crippen LogP contribution < -0.4 is 5.32 Å². The van der Waals surface area contributed by atoms with Crippen LogP contribution in [-0.2, 0) is 0 Å². The van der Waals surface area contributed by atoms with E-state index in [1.165, 1.54) is 4.90 Å². The quantitative estimate of drug-likeness (QED) is 0.576. The van der Waals surface area contributed by atoms with Crippen molar-refractivity contribution in [2.75, 3.05) is 21.1 Å². The van der Waals surface area contributed by atoms with Gasteiger partial charge in [-0.15, -0.1) is 0 Å². The molecule has 0 aliphatic carbocycles. The van der Waals surface area contributed by atoms with Gasteiger partial charge in [-0.25, -0.2) is 14.8 Å². The molecule has 1 N–H and O–H groups in total. The van der Waals surface area contributed by atoms with Crippen molar-refractivity contribution < 1.29 is 4.79 Å². The molecule has 0 radical (unpaired) electrons. The summed E-state index contributed by atoms with van der Waals surface area (Å²) >= 11 is 0. The Morgan fingerprint density at radius 2 is 2.06 bits per heavy atom. The van der Waals surface area contributed by atoms with Crippen molar-refractivity contribution in [1.29, 1.82) is 0 Å². The maximum Gasteiger partial charge on any atom is 0.325 e. The summed E-state index contributed by atoms with van der Waals surface area (Å²) in [6.45, 7) is 6.06. The summed E-state index contributed by atoms with van der Waals surface area (Å²) < 4.78 is 0.